The lowest BCUT2D eigenvalue weighted by atomic mass is 10.1. The number of halogens is 4. The lowest BCUT2D eigenvalue weighted by Crippen LogP contribution is -2.24. The Bertz CT molecular complexity index is 1080. The number of carbonyl (C=O) groups is 1. The topological polar surface area (TPSA) is 59.2 Å². The molecule has 1 aliphatic rings. The summed E-state index contributed by atoms with van der Waals surface area (Å²) in [7, 11) is 0. The van der Waals surface area contributed by atoms with Gasteiger partial charge in [-0.05, 0) is 36.8 Å². The molecule has 1 aliphatic heterocycles. The molecule has 1 aromatic heterocycles. The number of benzene rings is 2. The monoisotopic (exact) mass is 405 g/mol. The standard InChI is InChI=1S/C20H15F4N3O2/c1-11-5-6-15(9-16(11)21)27-10-13(8-17(27)28)19-25-18(26-29-19)12-3-2-4-14(7-12)20(22,23)24/h2-7,9,13H,8,10H2,1H3. The van der Waals surface area contributed by atoms with Gasteiger partial charge in [0.2, 0.25) is 17.6 Å². The third-order valence-corrected chi connectivity index (χ3v) is 4.83. The Labute approximate surface area is 162 Å². The molecule has 1 fully saturated rings. The SMILES string of the molecule is Cc1ccc(N2CC(c3nc(-c4cccc(C(F)(F)F)c4)no3)CC2=O)cc1F. The predicted octanol–water partition coefficient (Wildman–Crippen LogP) is 4.72. The summed E-state index contributed by atoms with van der Waals surface area (Å²) in [6.07, 6.45) is -4.40. The summed E-state index contributed by atoms with van der Waals surface area (Å²) in [5.41, 5.74) is 0.249. The number of hydrogen-bond donors (Lipinski definition) is 0. The van der Waals surface area contributed by atoms with Gasteiger partial charge < -0.3 is 9.42 Å². The highest BCUT2D eigenvalue weighted by Gasteiger charge is 2.36. The van der Waals surface area contributed by atoms with Crippen LogP contribution in [0.5, 0.6) is 0 Å². The van der Waals surface area contributed by atoms with Crippen molar-refractivity contribution in [3.05, 3.63) is 65.3 Å². The first-order chi connectivity index (χ1) is 13.7. The molecule has 0 bridgehead atoms. The summed E-state index contributed by atoms with van der Waals surface area (Å²) in [5, 5.41) is 3.76. The van der Waals surface area contributed by atoms with Gasteiger partial charge in [-0.3, -0.25) is 4.79 Å². The van der Waals surface area contributed by atoms with Crippen LogP contribution < -0.4 is 4.90 Å². The van der Waals surface area contributed by atoms with E-state index in [-0.39, 0.29) is 36.2 Å². The van der Waals surface area contributed by atoms with Crippen LogP contribution in [-0.4, -0.2) is 22.6 Å². The Hall–Kier alpha value is -3.23. The zero-order valence-electron chi connectivity index (χ0n) is 15.2. The average molecular weight is 405 g/mol. The Balaban J connectivity index is 1.56. The first kappa shape index (κ1) is 19.1. The average Bonchev–Trinajstić information content (AvgIpc) is 3.30. The maximum Gasteiger partial charge on any atom is 0.416 e. The van der Waals surface area contributed by atoms with Gasteiger partial charge >= 0.3 is 6.18 Å². The van der Waals surface area contributed by atoms with Gasteiger partial charge in [-0.2, -0.15) is 18.2 Å². The number of rotatable bonds is 3. The van der Waals surface area contributed by atoms with E-state index < -0.39 is 23.5 Å². The number of anilines is 1. The molecule has 0 spiro atoms. The van der Waals surface area contributed by atoms with Crippen LogP contribution in [0.15, 0.2) is 47.0 Å². The summed E-state index contributed by atoms with van der Waals surface area (Å²) in [5.74, 6) is -0.904. The molecule has 2 heterocycles. The third kappa shape index (κ3) is 3.72. The van der Waals surface area contributed by atoms with Crippen LogP contribution in [-0.2, 0) is 11.0 Å². The minimum Gasteiger partial charge on any atom is -0.339 e. The molecular formula is C20H15F4N3O2. The van der Waals surface area contributed by atoms with Crippen LogP contribution in [0, 0.1) is 12.7 Å². The van der Waals surface area contributed by atoms with Crippen LogP contribution in [0.25, 0.3) is 11.4 Å². The van der Waals surface area contributed by atoms with Crippen molar-refractivity contribution in [3.63, 3.8) is 0 Å². The number of nitrogens with zero attached hydrogens (tertiary/aromatic N) is 3. The summed E-state index contributed by atoms with van der Waals surface area (Å²) in [6.45, 7) is 1.84. The number of carbonyl (C=O) groups excluding carboxylic acids is 1. The van der Waals surface area contributed by atoms with Gasteiger partial charge in [0.15, 0.2) is 0 Å². The van der Waals surface area contributed by atoms with Gasteiger partial charge in [-0.25, -0.2) is 4.39 Å². The zero-order valence-corrected chi connectivity index (χ0v) is 15.2. The molecule has 1 atom stereocenters. The fourth-order valence-corrected chi connectivity index (χ4v) is 3.23. The largest absolute Gasteiger partial charge is 0.416 e. The first-order valence-electron chi connectivity index (χ1n) is 8.80. The van der Waals surface area contributed by atoms with Crippen molar-refractivity contribution in [3.8, 4) is 11.4 Å². The molecule has 1 saturated heterocycles. The van der Waals surface area contributed by atoms with E-state index >= 15 is 0 Å². The smallest absolute Gasteiger partial charge is 0.339 e. The Morgan fingerprint density at radius 2 is 1.97 bits per heavy atom. The number of hydrogen-bond acceptors (Lipinski definition) is 4. The van der Waals surface area contributed by atoms with Gasteiger partial charge in [0.05, 0.1) is 11.5 Å². The van der Waals surface area contributed by atoms with E-state index in [0.29, 0.717) is 11.3 Å². The number of alkyl halides is 3. The maximum absolute atomic E-state index is 13.8. The van der Waals surface area contributed by atoms with Crippen molar-refractivity contribution in [1.82, 2.24) is 10.1 Å². The molecule has 2 aromatic carbocycles. The Kier molecular flexibility index (Phi) is 4.60. The van der Waals surface area contributed by atoms with Crippen molar-refractivity contribution in [2.75, 3.05) is 11.4 Å². The van der Waals surface area contributed by atoms with Crippen LogP contribution in [0.3, 0.4) is 0 Å². The molecule has 0 radical (unpaired) electrons. The van der Waals surface area contributed by atoms with Gasteiger partial charge in [-0.15, -0.1) is 0 Å². The molecule has 0 saturated carbocycles. The normalized spacial score (nSPS) is 17.2. The quantitative estimate of drug-likeness (QED) is 0.592. The highest BCUT2D eigenvalue weighted by Crippen LogP contribution is 2.34. The van der Waals surface area contributed by atoms with Crippen LogP contribution in [0.4, 0.5) is 23.2 Å². The molecule has 5 nitrogen and oxygen atoms in total. The van der Waals surface area contributed by atoms with Crippen molar-refractivity contribution >= 4 is 11.6 Å². The Morgan fingerprint density at radius 3 is 2.69 bits per heavy atom. The van der Waals surface area contributed by atoms with E-state index in [1.807, 2.05) is 0 Å². The molecule has 9 heteroatoms. The third-order valence-electron chi connectivity index (χ3n) is 4.83. The summed E-state index contributed by atoms with van der Waals surface area (Å²) >= 11 is 0. The fraction of sp³-hybridized carbons (Fsp3) is 0.250. The molecule has 0 aliphatic carbocycles. The van der Waals surface area contributed by atoms with E-state index in [9.17, 15) is 22.4 Å². The van der Waals surface area contributed by atoms with E-state index in [1.54, 1.807) is 19.1 Å². The van der Waals surface area contributed by atoms with Crippen molar-refractivity contribution in [2.45, 2.75) is 25.4 Å². The van der Waals surface area contributed by atoms with Crippen molar-refractivity contribution in [2.24, 2.45) is 0 Å². The van der Waals surface area contributed by atoms with Crippen molar-refractivity contribution < 1.29 is 26.9 Å². The lowest BCUT2D eigenvalue weighted by molar-refractivity contribution is -0.137. The molecule has 0 N–H and O–H groups in total. The minimum atomic E-state index is -4.48. The highest BCUT2D eigenvalue weighted by molar-refractivity contribution is 5.96. The van der Waals surface area contributed by atoms with Crippen LogP contribution >= 0.6 is 0 Å². The minimum absolute atomic E-state index is 0.0124. The second-order valence-electron chi connectivity index (χ2n) is 6.87. The number of aromatic nitrogens is 2. The van der Waals surface area contributed by atoms with Crippen molar-refractivity contribution in [1.29, 1.82) is 0 Å². The highest BCUT2D eigenvalue weighted by atomic mass is 19.4. The maximum atomic E-state index is 13.8. The summed E-state index contributed by atoms with van der Waals surface area (Å²) in [4.78, 5) is 18.0. The molecular weight excluding hydrogens is 390 g/mol. The van der Waals surface area contributed by atoms with Crippen LogP contribution in [0.2, 0.25) is 0 Å². The molecule has 4 rings (SSSR count). The molecule has 3 aromatic rings. The van der Waals surface area contributed by atoms with E-state index in [4.69, 9.17) is 4.52 Å². The van der Waals surface area contributed by atoms with Crippen LogP contribution in [0.1, 0.15) is 29.4 Å². The van der Waals surface area contributed by atoms with Gasteiger partial charge in [0.1, 0.15) is 5.82 Å². The summed E-state index contributed by atoms with van der Waals surface area (Å²) < 4.78 is 57.7. The first-order valence-corrected chi connectivity index (χ1v) is 8.80. The lowest BCUT2D eigenvalue weighted by Gasteiger charge is -2.16. The summed E-state index contributed by atoms with van der Waals surface area (Å²) in [6, 6.07) is 9.14. The molecule has 29 heavy (non-hydrogen) atoms. The van der Waals surface area contributed by atoms with E-state index in [1.165, 1.54) is 23.1 Å². The zero-order chi connectivity index (χ0) is 20.8. The van der Waals surface area contributed by atoms with Gasteiger partial charge in [0, 0.05) is 24.2 Å². The van der Waals surface area contributed by atoms with E-state index in [0.717, 1.165) is 12.1 Å². The Morgan fingerprint density at radius 1 is 1.17 bits per heavy atom. The van der Waals surface area contributed by atoms with Gasteiger partial charge in [0.25, 0.3) is 0 Å². The molecule has 1 amide bonds. The van der Waals surface area contributed by atoms with Gasteiger partial charge in [-0.1, -0.05) is 23.4 Å². The second-order valence-corrected chi connectivity index (χ2v) is 6.87. The second kappa shape index (κ2) is 6.98. The predicted molar refractivity (Wildman–Crippen MR) is 95.6 cm³/mol. The molecule has 1 unspecified atom stereocenters. The molecule has 150 valence electrons. The number of aryl methyl sites for hydroxylation is 1. The fourth-order valence-electron chi connectivity index (χ4n) is 3.23. The number of amides is 1. The van der Waals surface area contributed by atoms with E-state index in [2.05, 4.69) is 10.1 Å².